The Hall–Kier alpha value is -4.05. The van der Waals surface area contributed by atoms with E-state index in [-0.39, 0.29) is 16.4 Å². The van der Waals surface area contributed by atoms with Gasteiger partial charge in [0.25, 0.3) is 15.6 Å². The molecule has 2 aromatic heterocycles. The Morgan fingerprint density at radius 2 is 1.80 bits per heavy atom. The largest absolute Gasteiger partial charge is 0.294 e. The molecule has 0 fully saturated rings. The first-order chi connectivity index (χ1) is 16.8. The lowest BCUT2D eigenvalue weighted by Crippen LogP contribution is -2.19. The highest BCUT2D eigenvalue weighted by Crippen LogP contribution is 2.20. The number of aryl methyl sites for hydroxylation is 2. The quantitative estimate of drug-likeness (QED) is 0.359. The van der Waals surface area contributed by atoms with E-state index in [9.17, 15) is 13.2 Å². The molecule has 0 aliphatic rings. The van der Waals surface area contributed by atoms with Crippen molar-refractivity contribution in [3.63, 3.8) is 0 Å². The minimum atomic E-state index is -3.86. The van der Waals surface area contributed by atoms with Crippen LogP contribution in [0.5, 0.6) is 0 Å². The second-order valence-electron chi connectivity index (χ2n) is 8.01. The van der Waals surface area contributed by atoms with Crippen molar-refractivity contribution in [2.75, 3.05) is 4.72 Å². The number of para-hydroxylation sites is 1. The van der Waals surface area contributed by atoms with E-state index in [1.54, 1.807) is 32.0 Å². The van der Waals surface area contributed by atoms with Gasteiger partial charge in [-0.1, -0.05) is 31.5 Å². The molecule has 0 unspecified atom stereocenters. The maximum Gasteiger partial charge on any atom is 0.280 e. The van der Waals surface area contributed by atoms with Crippen molar-refractivity contribution in [2.45, 2.75) is 38.5 Å². The van der Waals surface area contributed by atoms with Crippen LogP contribution in [0.3, 0.4) is 0 Å². The van der Waals surface area contributed by atoms with Gasteiger partial charge in [-0.2, -0.15) is 0 Å². The molecule has 2 N–H and O–H groups in total. The van der Waals surface area contributed by atoms with Gasteiger partial charge in [0.2, 0.25) is 5.95 Å². The van der Waals surface area contributed by atoms with E-state index in [1.165, 1.54) is 23.0 Å². The number of benzene rings is 2. The van der Waals surface area contributed by atoms with Gasteiger partial charge in [-0.3, -0.25) is 14.9 Å². The second-order valence-corrected chi connectivity index (χ2v) is 9.69. The summed E-state index contributed by atoms with van der Waals surface area (Å²) in [6.45, 7) is 5.57. The van der Waals surface area contributed by atoms with E-state index in [4.69, 9.17) is 0 Å². The molecular weight excluding hydrogens is 464 g/mol. The van der Waals surface area contributed by atoms with Crippen molar-refractivity contribution < 1.29 is 8.42 Å². The van der Waals surface area contributed by atoms with Crippen LogP contribution in [0.2, 0.25) is 0 Å². The average molecular weight is 491 g/mol. The molecule has 4 aromatic rings. The Balaban J connectivity index is 1.63. The highest BCUT2D eigenvalue weighted by atomic mass is 32.2. The van der Waals surface area contributed by atoms with Gasteiger partial charge in [0.05, 0.1) is 27.5 Å². The van der Waals surface area contributed by atoms with Crippen LogP contribution in [0.15, 0.2) is 81.5 Å². The normalized spacial score (nSPS) is 12.0. The first-order valence-electron chi connectivity index (χ1n) is 11.2. The molecule has 0 radical (unpaired) electrons. The van der Waals surface area contributed by atoms with Gasteiger partial charge < -0.3 is 0 Å². The Labute approximate surface area is 203 Å². The van der Waals surface area contributed by atoms with Crippen LogP contribution in [0.4, 0.5) is 11.6 Å². The summed E-state index contributed by atoms with van der Waals surface area (Å²) in [6, 6.07) is 17.1. The molecule has 35 heavy (non-hydrogen) atoms. The summed E-state index contributed by atoms with van der Waals surface area (Å²) in [6.07, 6.45) is 3.04. The summed E-state index contributed by atoms with van der Waals surface area (Å²) in [7, 11) is -3.86. The Bertz CT molecular complexity index is 1520. The predicted molar refractivity (Wildman–Crippen MR) is 136 cm³/mol. The molecule has 0 spiro atoms. The Kier molecular flexibility index (Phi) is 6.92. The van der Waals surface area contributed by atoms with Gasteiger partial charge in [0.1, 0.15) is 0 Å². The minimum absolute atomic E-state index is 0.00792. The lowest BCUT2D eigenvalue weighted by Gasteiger charge is -2.07. The van der Waals surface area contributed by atoms with Crippen molar-refractivity contribution in [1.29, 1.82) is 0 Å². The summed E-state index contributed by atoms with van der Waals surface area (Å²) < 4.78 is 29.3. The minimum Gasteiger partial charge on any atom is -0.294 e. The van der Waals surface area contributed by atoms with Crippen LogP contribution in [0, 0.1) is 6.92 Å². The molecule has 0 saturated heterocycles. The number of hydrogen-bond donors (Lipinski definition) is 2. The molecule has 10 heteroatoms. The number of rotatable bonds is 8. The third-order valence-electron chi connectivity index (χ3n) is 5.31. The molecule has 0 atom stereocenters. The first-order valence-corrected chi connectivity index (χ1v) is 12.6. The van der Waals surface area contributed by atoms with Crippen LogP contribution in [0.25, 0.3) is 5.69 Å². The van der Waals surface area contributed by atoms with Gasteiger partial charge in [-0.15, -0.1) is 0 Å². The fourth-order valence-corrected chi connectivity index (χ4v) is 4.62. The summed E-state index contributed by atoms with van der Waals surface area (Å²) >= 11 is 0. The van der Waals surface area contributed by atoms with Crippen LogP contribution < -0.4 is 10.3 Å². The number of anilines is 1. The zero-order valence-electron chi connectivity index (χ0n) is 19.7. The summed E-state index contributed by atoms with van der Waals surface area (Å²) in [4.78, 5) is 25.9. The van der Waals surface area contributed by atoms with Crippen LogP contribution in [-0.4, -0.2) is 33.9 Å². The van der Waals surface area contributed by atoms with E-state index < -0.39 is 10.0 Å². The van der Waals surface area contributed by atoms with Crippen molar-refractivity contribution in [3.05, 3.63) is 94.2 Å². The van der Waals surface area contributed by atoms with Crippen molar-refractivity contribution in [3.8, 4) is 5.69 Å². The van der Waals surface area contributed by atoms with Gasteiger partial charge in [-0.05, 0) is 62.7 Å². The zero-order valence-corrected chi connectivity index (χ0v) is 20.5. The summed E-state index contributed by atoms with van der Waals surface area (Å²) in [5.74, 6) is 0.00792. The van der Waals surface area contributed by atoms with Crippen molar-refractivity contribution >= 4 is 27.4 Å². The zero-order chi connectivity index (χ0) is 25.0. The standard InChI is InChI=1S/C25H26N6O3S/c1-4-8-22-23(24(32)31(29-22)20-9-6-5-7-10-20)18(3)28-19-11-13-21(14-12-19)35(33,34)30-25-26-16-15-17(2)27-25/h5-7,9-16,29H,4,8H2,1-3H3,(H,26,27,30). The third-order valence-corrected chi connectivity index (χ3v) is 6.65. The van der Waals surface area contributed by atoms with Gasteiger partial charge >= 0.3 is 0 Å². The Morgan fingerprint density at radius 3 is 2.46 bits per heavy atom. The van der Waals surface area contributed by atoms with Crippen molar-refractivity contribution in [1.82, 2.24) is 19.7 Å². The van der Waals surface area contributed by atoms with Crippen LogP contribution in [0.1, 0.15) is 37.2 Å². The SMILES string of the molecule is CCCc1[nH]n(-c2ccccc2)c(=O)c1C(C)=Nc1ccc(S(=O)(=O)Nc2nccc(C)n2)cc1. The van der Waals surface area contributed by atoms with Crippen LogP contribution >= 0.6 is 0 Å². The number of nitrogens with one attached hydrogen (secondary N) is 2. The summed E-state index contributed by atoms with van der Waals surface area (Å²) in [5.41, 5.74) is 3.62. The highest BCUT2D eigenvalue weighted by Gasteiger charge is 2.18. The predicted octanol–water partition coefficient (Wildman–Crippen LogP) is 4.16. The molecule has 4 rings (SSSR count). The molecule has 0 aliphatic carbocycles. The van der Waals surface area contributed by atoms with E-state index in [2.05, 4.69) is 24.8 Å². The number of hydrogen-bond acceptors (Lipinski definition) is 6. The molecule has 180 valence electrons. The monoisotopic (exact) mass is 490 g/mol. The topological polar surface area (TPSA) is 122 Å². The number of aliphatic imine (C=N–C) groups is 1. The number of sulfonamides is 1. The first kappa shape index (κ1) is 24.1. The number of aromatic nitrogens is 4. The van der Waals surface area contributed by atoms with E-state index >= 15 is 0 Å². The molecule has 0 saturated carbocycles. The lowest BCUT2D eigenvalue weighted by molar-refractivity contribution is 0.601. The molecule has 0 amide bonds. The Morgan fingerprint density at radius 1 is 1.09 bits per heavy atom. The molecule has 2 aromatic carbocycles. The maximum atomic E-state index is 13.2. The fourth-order valence-electron chi connectivity index (χ4n) is 3.67. The highest BCUT2D eigenvalue weighted by molar-refractivity contribution is 7.92. The smallest absolute Gasteiger partial charge is 0.280 e. The van der Waals surface area contributed by atoms with E-state index in [0.717, 1.165) is 17.8 Å². The summed E-state index contributed by atoms with van der Waals surface area (Å²) in [5, 5.41) is 3.21. The van der Waals surface area contributed by atoms with Crippen molar-refractivity contribution in [2.24, 2.45) is 4.99 Å². The van der Waals surface area contributed by atoms with Gasteiger partial charge in [-0.25, -0.2) is 27.8 Å². The molecule has 2 heterocycles. The second kappa shape index (κ2) is 10.1. The molecular formula is C25H26N6O3S. The fraction of sp³-hybridized carbons (Fsp3) is 0.200. The average Bonchev–Trinajstić information content (AvgIpc) is 3.16. The molecule has 0 aliphatic heterocycles. The van der Waals surface area contributed by atoms with Gasteiger partial charge in [0, 0.05) is 17.6 Å². The maximum absolute atomic E-state index is 13.2. The van der Waals surface area contributed by atoms with E-state index in [0.29, 0.717) is 29.1 Å². The van der Waals surface area contributed by atoms with E-state index in [1.807, 2.05) is 37.3 Å². The molecule has 9 nitrogen and oxygen atoms in total. The number of H-pyrrole nitrogens is 1. The third kappa shape index (κ3) is 5.38. The molecule has 0 bridgehead atoms. The number of nitrogens with zero attached hydrogens (tertiary/aromatic N) is 4. The number of aromatic amines is 1. The lowest BCUT2D eigenvalue weighted by atomic mass is 10.1. The van der Waals surface area contributed by atoms with Gasteiger partial charge in [0.15, 0.2) is 0 Å². The van der Waals surface area contributed by atoms with Crippen LogP contribution in [-0.2, 0) is 16.4 Å².